The second kappa shape index (κ2) is 6.25. The minimum Gasteiger partial charge on any atom is -0.356 e. The topological polar surface area (TPSA) is 55.1 Å². The molecule has 0 aliphatic heterocycles. The Hall–Kier alpha value is -0.570. The SMILES string of the molecule is CC1CCCCC1CNC(=O)C1CCCCC1(C)N. The number of hydrogen-bond acceptors (Lipinski definition) is 2. The Kier molecular flexibility index (Phi) is 4.88. The standard InChI is InChI=1S/C16H30N2O/c1-12-7-3-4-8-13(12)11-18-15(19)14-9-5-6-10-16(14,2)17/h12-14H,3-11,17H2,1-2H3,(H,18,19). The van der Waals surface area contributed by atoms with Crippen LogP contribution < -0.4 is 11.1 Å². The molecule has 19 heavy (non-hydrogen) atoms. The first-order valence-electron chi connectivity index (χ1n) is 8.07. The van der Waals surface area contributed by atoms with Crippen LogP contribution >= 0.6 is 0 Å². The van der Waals surface area contributed by atoms with Gasteiger partial charge in [-0.2, -0.15) is 0 Å². The maximum absolute atomic E-state index is 12.4. The number of carbonyl (C=O) groups excluding carboxylic acids is 1. The summed E-state index contributed by atoms with van der Waals surface area (Å²) in [5.74, 6) is 1.64. The second-order valence-electron chi connectivity index (χ2n) is 7.07. The van der Waals surface area contributed by atoms with Gasteiger partial charge >= 0.3 is 0 Å². The van der Waals surface area contributed by atoms with E-state index in [0.717, 1.165) is 38.1 Å². The molecule has 2 fully saturated rings. The highest BCUT2D eigenvalue weighted by Crippen LogP contribution is 2.32. The normalized spacial score (nSPS) is 39.8. The van der Waals surface area contributed by atoms with Gasteiger partial charge in [0.25, 0.3) is 0 Å². The van der Waals surface area contributed by atoms with Crippen molar-refractivity contribution in [1.29, 1.82) is 0 Å². The van der Waals surface area contributed by atoms with Crippen LogP contribution in [0.3, 0.4) is 0 Å². The minimum absolute atomic E-state index is 0.0140. The van der Waals surface area contributed by atoms with Crippen LogP contribution in [0.1, 0.15) is 65.2 Å². The maximum atomic E-state index is 12.4. The number of amides is 1. The third kappa shape index (κ3) is 3.71. The van der Waals surface area contributed by atoms with Crippen molar-refractivity contribution in [1.82, 2.24) is 5.32 Å². The Bertz CT molecular complexity index is 314. The first-order chi connectivity index (χ1) is 9.00. The fraction of sp³-hybridized carbons (Fsp3) is 0.938. The first-order valence-corrected chi connectivity index (χ1v) is 8.07. The third-order valence-electron chi connectivity index (χ3n) is 5.40. The second-order valence-corrected chi connectivity index (χ2v) is 7.07. The molecule has 4 atom stereocenters. The highest BCUT2D eigenvalue weighted by Gasteiger charge is 2.37. The number of nitrogens with one attached hydrogen (secondary N) is 1. The summed E-state index contributed by atoms with van der Waals surface area (Å²) in [6.45, 7) is 5.22. The van der Waals surface area contributed by atoms with Gasteiger partial charge in [0.15, 0.2) is 0 Å². The van der Waals surface area contributed by atoms with Gasteiger partial charge in [0.05, 0.1) is 5.92 Å². The van der Waals surface area contributed by atoms with Crippen molar-refractivity contribution in [2.75, 3.05) is 6.54 Å². The molecule has 4 unspecified atom stereocenters. The molecule has 0 heterocycles. The van der Waals surface area contributed by atoms with E-state index in [2.05, 4.69) is 12.2 Å². The average Bonchev–Trinajstić information content (AvgIpc) is 2.37. The number of rotatable bonds is 3. The fourth-order valence-corrected chi connectivity index (χ4v) is 3.84. The molecule has 0 saturated heterocycles. The first kappa shape index (κ1) is 14.8. The van der Waals surface area contributed by atoms with E-state index in [1.807, 2.05) is 6.92 Å². The summed E-state index contributed by atoms with van der Waals surface area (Å²) in [7, 11) is 0. The van der Waals surface area contributed by atoms with Crippen LogP contribution in [0, 0.1) is 17.8 Å². The summed E-state index contributed by atoms with van der Waals surface area (Å²) in [5.41, 5.74) is 5.99. The van der Waals surface area contributed by atoms with E-state index in [4.69, 9.17) is 5.73 Å². The van der Waals surface area contributed by atoms with Crippen LogP contribution in [0.25, 0.3) is 0 Å². The van der Waals surface area contributed by atoms with E-state index in [9.17, 15) is 4.79 Å². The molecule has 110 valence electrons. The predicted molar refractivity (Wildman–Crippen MR) is 78.7 cm³/mol. The number of carbonyl (C=O) groups is 1. The van der Waals surface area contributed by atoms with Gasteiger partial charge in [0.2, 0.25) is 5.91 Å². The summed E-state index contributed by atoms with van der Waals surface area (Å²) < 4.78 is 0. The zero-order chi connectivity index (χ0) is 13.9. The van der Waals surface area contributed by atoms with Crippen molar-refractivity contribution >= 4 is 5.91 Å². The van der Waals surface area contributed by atoms with E-state index in [1.165, 1.54) is 25.7 Å². The molecule has 3 nitrogen and oxygen atoms in total. The lowest BCUT2D eigenvalue weighted by atomic mass is 9.74. The van der Waals surface area contributed by atoms with Gasteiger partial charge in [0.1, 0.15) is 0 Å². The fourth-order valence-electron chi connectivity index (χ4n) is 3.84. The Morgan fingerprint density at radius 2 is 1.89 bits per heavy atom. The smallest absolute Gasteiger partial charge is 0.224 e. The molecule has 3 heteroatoms. The molecule has 2 rings (SSSR count). The van der Waals surface area contributed by atoms with Gasteiger partial charge in [-0.05, 0) is 38.0 Å². The zero-order valence-electron chi connectivity index (χ0n) is 12.6. The minimum atomic E-state index is -0.305. The highest BCUT2D eigenvalue weighted by molar-refractivity contribution is 5.80. The predicted octanol–water partition coefficient (Wildman–Crippen LogP) is 2.84. The zero-order valence-corrected chi connectivity index (χ0v) is 12.6. The van der Waals surface area contributed by atoms with Crippen LogP contribution in [0.4, 0.5) is 0 Å². The molecule has 2 aliphatic rings. The quantitative estimate of drug-likeness (QED) is 0.825. The Balaban J connectivity index is 1.83. The van der Waals surface area contributed by atoms with Gasteiger partial charge in [0, 0.05) is 12.1 Å². The van der Waals surface area contributed by atoms with Crippen LogP contribution in [0.15, 0.2) is 0 Å². The van der Waals surface area contributed by atoms with Gasteiger partial charge in [-0.15, -0.1) is 0 Å². The van der Waals surface area contributed by atoms with Gasteiger partial charge in [-0.1, -0.05) is 39.0 Å². The molecular weight excluding hydrogens is 236 g/mol. The van der Waals surface area contributed by atoms with Crippen LogP contribution in [0.2, 0.25) is 0 Å². The largest absolute Gasteiger partial charge is 0.356 e. The summed E-state index contributed by atoms with van der Waals surface area (Å²) in [6.07, 6.45) is 9.51. The van der Waals surface area contributed by atoms with Crippen molar-refractivity contribution in [2.24, 2.45) is 23.5 Å². The Labute approximate surface area is 117 Å². The lowest BCUT2D eigenvalue weighted by Gasteiger charge is -2.38. The molecule has 0 aromatic heterocycles. The van der Waals surface area contributed by atoms with Gasteiger partial charge < -0.3 is 11.1 Å². The number of hydrogen-bond donors (Lipinski definition) is 2. The van der Waals surface area contributed by atoms with Gasteiger partial charge in [-0.25, -0.2) is 0 Å². The monoisotopic (exact) mass is 266 g/mol. The highest BCUT2D eigenvalue weighted by atomic mass is 16.1. The third-order valence-corrected chi connectivity index (χ3v) is 5.40. The van der Waals surface area contributed by atoms with Crippen molar-refractivity contribution in [2.45, 2.75) is 70.8 Å². The van der Waals surface area contributed by atoms with E-state index in [0.29, 0.717) is 5.92 Å². The average molecular weight is 266 g/mol. The molecule has 3 N–H and O–H groups in total. The summed E-state index contributed by atoms with van der Waals surface area (Å²) >= 11 is 0. The van der Waals surface area contributed by atoms with Crippen molar-refractivity contribution < 1.29 is 4.79 Å². The maximum Gasteiger partial charge on any atom is 0.224 e. The Morgan fingerprint density at radius 3 is 2.58 bits per heavy atom. The molecule has 0 radical (unpaired) electrons. The summed E-state index contributed by atoms with van der Waals surface area (Å²) in [5, 5.41) is 3.19. The van der Waals surface area contributed by atoms with E-state index < -0.39 is 0 Å². The molecule has 0 aromatic carbocycles. The van der Waals surface area contributed by atoms with Crippen LogP contribution in [-0.4, -0.2) is 18.0 Å². The van der Waals surface area contributed by atoms with Crippen LogP contribution in [0.5, 0.6) is 0 Å². The summed E-state index contributed by atoms with van der Waals surface area (Å²) in [4.78, 5) is 12.4. The van der Waals surface area contributed by atoms with E-state index >= 15 is 0 Å². The lowest BCUT2D eigenvalue weighted by molar-refractivity contribution is -0.128. The number of nitrogens with two attached hydrogens (primary N) is 1. The lowest BCUT2D eigenvalue weighted by Crippen LogP contribution is -2.53. The molecule has 0 bridgehead atoms. The molecule has 1 amide bonds. The molecular formula is C16H30N2O. The van der Waals surface area contributed by atoms with Crippen molar-refractivity contribution in [3.05, 3.63) is 0 Å². The molecule has 0 aromatic rings. The molecule has 2 saturated carbocycles. The molecule has 0 spiro atoms. The van der Waals surface area contributed by atoms with Crippen LogP contribution in [-0.2, 0) is 4.79 Å². The van der Waals surface area contributed by atoms with Crippen molar-refractivity contribution in [3.63, 3.8) is 0 Å². The van der Waals surface area contributed by atoms with E-state index in [1.54, 1.807) is 0 Å². The Morgan fingerprint density at radius 1 is 1.21 bits per heavy atom. The summed E-state index contributed by atoms with van der Waals surface area (Å²) in [6, 6.07) is 0. The van der Waals surface area contributed by atoms with E-state index in [-0.39, 0.29) is 17.4 Å². The van der Waals surface area contributed by atoms with Crippen molar-refractivity contribution in [3.8, 4) is 0 Å². The molecule has 2 aliphatic carbocycles. The van der Waals surface area contributed by atoms with Gasteiger partial charge in [-0.3, -0.25) is 4.79 Å².